The molecule has 30 heavy (non-hydrogen) atoms. The van der Waals surface area contributed by atoms with E-state index in [4.69, 9.17) is 9.26 Å². The molecule has 0 aliphatic carbocycles. The lowest BCUT2D eigenvalue weighted by molar-refractivity contribution is -0.138. The highest BCUT2D eigenvalue weighted by Crippen LogP contribution is 2.34. The third kappa shape index (κ3) is 6.24. The molecule has 1 aliphatic heterocycles. The van der Waals surface area contributed by atoms with Gasteiger partial charge in [-0.3, -0.25) is 9.89 Å². The van der Waals surface area contributed by atoms with Crippen molar-refractivity contribution in [3.05, 3.63) is 47.3 Å². The molecule has 0 atom stereocenters. The monoisotopic (exact) mass is 539 g/mol. The van der Waals surface area contributed by atoms with Crippen LogP contribution in [0.5, 0.6) is 5.75 Å². The lowest BCUT2D eigenvalue weighted by Crippen LogP contribution is -2.52. The number of nitrogens with one attached hydrogen (secondary N) is 1. The number of alkyl halides is 3. The number of aliphatic imine (C=N–C) groups is 1. The minimum absolute atomic E-state index is 0. The molecule has 0 saturated carbocycles. The number of nitrogens with zero attached hydrogens (tertiary/aromatic N) is 4. The number of guanidine groups is 1. The van der Waals surface area contributed by atoms with Crippen LogP contribution in [0.3, 0.4) is 0 Å². The van der Waals surface area contributed by atoms with Crippen molar-refractivity contribution in [3.8, 4) is 5.75 Å². The van der Waals surface area contributed by atoms with E-state index in [1.807, 2.05) is 11.0 Å². The second-order valence-corrected chi connectivity index (χ2v) is 6.68. The average Bonchev–Trinajstić information content (AvgIpc) is 3.22. The molecule has 1 saturated heterocycles. The van der Waals surface area contributed by atoms with E-state index in [1.54, 1.807) is 13.3 Å². The molecular weight excluding hydrogens is 514 g/mol. The van der Waals surface area contributed by atoms with Crippen LogP contribution in [0.1, 0.15) is 16.8 Å². The smallest absolute Gasteiger partial charge is 0.416 e. The molecule has 0 unspecified atom stereocenters. The Hall–Kier alpha value is -2.02. The Balaban J connectivity index is 0.00000320. The Kier molecular flexibility index (Phi) is 8.77. The molecule has 1 N–H and O–H groups in total. The van der Waals surface area contributed by atoms with Gasteiger partial charge < -0.3 is 19.5 Å². The molecule has 7 nitrogen and oxygen atoms in total. The lowest BCUT2D eigenvalue weighted by atomic mass is 10.1. The highest BCUT2D eigenvalue weighted by atomic mass is 127. The maximum atomic E-state index is 13.4. The number of benzene rings is 1. The summed E-state index contributed by atoms with van der Waals surface area (Å²) in [6, 6.07) is 5.80. The topological polar surface area (TPSA) is 66.1 Å². The maximum Gasteiger partial charge on any atom is 0.416 e. The number of rotatable bonds is 5. The van der Waals surface area contributed by atoms with Crippen molar-refractivity contribution in [2.24, 2.45) is 4.99 Å². The van der Waals surface area contributed by atoms with Gasteiger partial charge in [-0.2, -0.15) is 13.2 Å². The van der Waals surface area contributed by atoms with Crippen molar-refractivity contribution < 1.29 is 22.4 Å². The standard InChI is InChI=1S/C19H24F3N5O2.HI/c1-23-18(27-8-6-26(7-9-27)13-15-5-10-29-25-15)24-12-14-3-4-16(28-2)11-17(14)19(20,21)22;/h3-5,10-11H,6-9,12-13H2,1-2H3,(H,23,24);1H. The summed E-state index contributed by atoms with van der Waals surface area (Å²) in [6.07, 6.45) is -2.91. The quantitative estimate of drug-likeness (QED) is 0.358. The van der Waals surface area contributed by atoms with Crippen molar-refractivity contribution >= 4 is 29.9 Å². The van der Waals surface area contributed by atoms with Gasteiger partial charge in [0.2, 0.25) is 0 Å². The van der Waals surface area contributed by atoms with Gasteiger partial charge in [-0.25, -0.2) is 0 Å². The molecule has 2 heterocycles. The second kappa shape index (κ2) is 10.8. The van der Waals surface area contributed by atoms with Crippen molar-refractivity contribution in [2.75, 3.05) is 40.3 Å². The van der Waals surface area contributed by atoms with Crippen LogP contribution < -0.4 is 10.1 Å². The number of aromatic nitrogens is 1. The van der Waals surface area contributed by atoms with Gasteiger partial charge in [-0.05, 0) is 17.7 Å². The molecule has 1 aromatic heterocycles. The maximum absolute atomic E-state index is 13.4. The Morgan fingerprint density at radius 2 is 1.97 bits per heavy atom. The van der Waals surface area contributed by atoms with Crippen LogP contribution in [0.4, 0.5) is 13.2 Å². The van der Waals surface area contributed by atoms with E-state index in [0.717, 1.165) is 24.8 Å². The number of piperazine rings is 1. The van der Waals surface area contributed by atoms with E-state index >= 15 is 0 Å². The Bertz CT molecular complexity index is 822. The molecule has 11 heteroatoms. The van der Waals surface area contributed by atoms with E-state index in [1.165, 1.54) is 19.2 Å². The van der Waals surface area contributed by atoms with Crippen molar-refractivity contribution in [1.82, 2.24) is 20.3 Å². The van der Waals surface area contributed by atoms with Gasteiger partial charge >= 0.3 is 6.18 Å². The summed E-state index contributed by atoms with van der Waals surface area (Å²) in [6.45, 7) is 3.74. The minimum atomic E-state index is -4.46. The molecule has 1 aliphatic rings. The summed E-state index contributed by atoms with van der Waals surface area (Å²) in [5.74, 6) is 0.753. The van der Waals surface area contributed by atoms with Crippen LogP contribution in [0.15, 0.2) is 40.0 Å². The fraction of sp³-hybridized carbons (Fsp3) is 0.474. The SMILES string of the molecule is CN=C(NCc1ccc(OC)cc1C(F)(F)F)N1CCN(Cc2ccon2)CC1.I. The average molecular weight is 539 g/mol. The first-order valence-electron chi connectivity index (χ1n) is 9.22. The van der Waals surface area contributed by atoms with Gasteiger partial charge in [-0.15, -0.1) is 24.0 Å². The summed E-state index contributed by atoms with van der Waals surface area (Å²) in [7, 11) is 2.97. The normalized spacial score (nSPS) is 15.6. The van der Waals surface area contributed by atoms with Gasteiger partial charge in [0.25, 0.3) is 0 Å². The summed E-state index contributed by atoms with van der Waals surface area (Å²) < 4.78 is 49.9. The van der Waals surface area contributed by atoms with Crippen LogP contribution in [0, 0.1) is 0 Å². The molecule has 0 radical (unpaired) electrons. The molecule has 0 spiro atoms. The molecular formula is C19H25F3IN5O2. The van der Waals surface area contributed by atoms with Crippen LogP contribution in [-0.4, -0.2) is 61.3 Å². The largest absolute Gasteiger partial charge is 0.497 e. The van der Waals surface area contributed by atoms with Crippen LogP contribution in [0.25, 0.3) is 0 Å². The fourth-order valence-electron chi connectivity index (χ4n) is 3.27. The van der Waals surface area contributed by atoms with Crippen LogP contribution >= 0.6 is 24.0 Å². The third-order valence-corrected chi connectivity index (χ3v) is 4.82. The predicted molar refractivity (Wildman–Crippen MR) is 117 cm³/mol. The first kappa shape index (κ1) is 24.3. The van der Waals surface area contributed by atoms with E-state index < -0.39 is 11.7 Å². The fourth-order valence-corrected chi connectivity index (χ4v) is 3.27. The molecule has 1 fully saturated rings. The van der Waals surface area contributed by atoms with Crippen molar-refractivity contribution in [3.63, 3.8) is 0 Å². The third-order valence-electron chi connectivity index (χ3n) is 4.82. The van der Waals surface area contributed by atoms with E-state index in [0.29, 0.717) is 25.6 Å². The zero-order valence-electron chi connectivity index (χ0n) is 16.8. The van der Waals surface area contributed by atoms with E-state index in [2.05, 4.69) is 20.4 Å². The first-order valence-corrected chi connectivity index (χ1v) is 9.22. The number of hydrogen-bond acceptors (Lipinski definition) is 5. The number of halogens is 4. The predicted octanol–water partition coefficient (Wildman–Crippen LogP) is 3.21. The number of methoxy groups -OCH3 is 1. The summed E-state index contributed by atoms with van der Waals surface area (Å²) in [5, 5.41) is 6.97. The van der Waals surface area contributed by atoms with E-state index in [9.17, 15) is 13.2 Å². The van der Waals surface area contributed by atoms with Gasteiger partial charge in [0.15, 0.2) is 5.96 Å². The Morgan fingerprint density at radius 1 is 1.23 bits per heavy atom. The van der Waals surface area contributed by atoms with Crippen molar-refractivity contribution in [2.45, 2.75) is 19.3 Å². The second-order valence-electron chi connectivity index (χ2n) is 6.68. The van der Waals surface area contributed by atoms with Crippen LogP contribution in [-0.2, 0) is 19.3 Å². The molecule has 2 aromatic rings. The Morgan fingerprint density at radius 3 is 2.53 bits per heavy atom. The molecule has 0 bridgehead atoms. The van der Waals surface area contributed by atoms with Gasteiger partial charge in [-0.1, -0.05) is 11.2 Å². The van der Waals surface area contributed by atoms with Gasteiger partial charge in [0.1, 0.15) is 12.0 Å². The summed E-state index contributed by atoms with van der Waals surface area (Å²) in [5.41, 5.74) is 0.307. The number of hydrogen-bond donors (Lipinski definition) is 1. The lowest BCUT2D eigenvalue weighted by Gasteiger charge is -2.36. The van der Waals surface area contributed by atoms with Crippen LogP contribution in [0.2, 0.25) is 0 Å². The Labute approximate surface area is 190 Å². The molecule has 3 rings (SSSR count). The molecule has 0 amide bonds. The zero-order valence-corrected chi connectivity index (χ0v) is 19.1. The highest BCUT2D eigenvalue weighted by molar-refractivity contribution is 14.0. The molecule has 1 aromatic carbocycles. The summed E-state index contributed by atoms with van der Waals surface area (Å²) in [4.78, 5) is 8.51. The number of ether oxygens (including phenoxy) is 1. The zero-order chi connectivity index (χ0) is 20.9. The van der Waals surface area contributed by atoms with E-state index in [-0.39, 0.29) is 41.8 Å². The minimum Gasteiger partial charge on any atom is -0.497 e. The summed E-state index contributed by atoms with van der Waals surface area (Å²) >= 11 is 0. The van der Waals surface area contributed by atoms with Gasteiger partial charge in [0.05, 0.1) is 18.4 Å². The van der Waals surface area contributed by atoms with Gasteiger partial charge in [0, 0.05) is 52.4 Å². The van der Waals surface area contributed by atoms with Crippen molar-refractivity contribution in [1.29, 1.82) is 0 Å². The first-order chi connectivity index (χ1) is 13.9. The highest BCUT2D eigenvalue weighted by Gasteiger charge is 2.34. The molecule has 166 valence electrons.